The second kappa shape index (κ2) is 5.68. The molecule has 1 heterocycles. The summed E-state index contributed by atoms with van der Waals surface area (Å²) in [4.78, 5) is 30.0. The maximum absolute atomic E-state index is 14.1. The molecule has 2 unspecified atom stereocenters. The topological polar surface area (TPSA) is 37.4 Å². The van der Waals surface area contributed by atoms with Crippen molar-refractivity contribution in [2.24, 2.45) is 35.5 Å². The van der Waals surface area contributed by atoms with Crippen LogP contribution in [0.3, 0.4) is 0 Å². The lowest BCUT2D eigenvalue weighted by molar-refractivity contribution is -0.153. The molecule has 10 rings (SSSR count). The molecule has 1 aliphatic heterocycles. The van der Waals surface area contributed by atoms with Crippen LogP contribution in [0.4, 0.5) is 0 Å². The van der Waals surface area contributed by atoms with E-state index >= 15 is 0 Å². The Kier molecular flexibility index (Phi) is 3.15. The lowest BCUT2D eigenvalue weighted by atomic mass is 9.54. The molecule has 1 saturated heterocycles. The van der Waals surface area contributed by atoms with E-state index in [2.05, 4.69) is 48.5 Å². The van der Waals surface area contributed by atoms with Gasteiger partial charge in [-0.05, 0) is 78.0 Å². The summed E-state index contributed by atoms with van der Waals surface area (Å²) in [5.74, 6) is 2.72. The average Bonchev–Trinajstić information content (AvgIpc) is 3.04. The van der Waals surface area contributed by atoms with Gasteiger partial charge in [-0.15, -0.1) is 0 Å². The summed E-state index contributed by atoms with van der Waals surface area (Å²) >= 11 is 0. The number of hydrogen-bond acceptors (Lipinski definition) is 2. The van der Waals surface area contributed by atoms with Crippen LogP contribution in [-0.2, 0) is 9.59 Å². The van der Waals surface area contributed by atoms with Crippen LogP contribution in [0.5, 0.6) is 0 Å². The highest BCUT2D eigenvalue weighted by Crippen LogP contribution is 2.63. The average molecular weight is 410 g/mol. The zero-order valence-electron chi connectivity index (χ0n) is 17.6. The van der Waals surface area contributed by atoms with E-state index in [1.54, 1.807) is 0 Å². The van der Waals surface area contributed by atoms with Crippen LogP contribution in [0.25, 0.3) is 0 Å². The van der Waals surface area contributed by atoms with E-state index in [4.69, 9.17) is 0 Å². The first-order valence-corrected chi connectivity index (χ1v) is 12.2. The van der Waals surface area contributed by atoms with Crippen molar-refractivity contribution < 1.29 is 9.59 Å². The number of imide groups is 1. The largest absolute Gasteiger partial charge is 0.278 e. The summed E-state index contributed by atoms with van der Waals surface area (Å²) in [6.45, 7) is 0. The molecule has 2 aromatic rings. The molecule has 8 aliphatic rings. The fraction of sp³-hybridized carbons (Fsp3) is 0.500. The number of hydrogen-bond donors (Lipinski definition) is 0. The van der Waals surface area contributed by atoms with Gasteiger partial charge in [-0.1, -0.05) is 48.5 Å². The van der Waals surface area contributed by atoms with Gasteiger partial charge in [0.1, 0.15) is 0 Å². The van der Waals surface area contributed by atoms with E-state index in [1.165, 1.54) is 54.4 Å². The number of benzene rings is 2. The summed E-state index contributed by atoms with van der Waals surface area (Å²) in [5.41, 5.74) is 5.11. The van der Waals surface area contributed by atoms with Crippen molar-refractivity contribution in [3.8, 4) is 0 Å². The monoisotopic (exact) mass is 409 g/mol. The predicted molar refractivity (Wildman–Crippen MR) is 116 cm³/mol. The van der Waals surface area contributed by atoms with Crippen molar-refractivity contribution in [3.63, 3.8) is 0 Å². The van der Waals surface area contributed by atoms with Crippen molar-refractivity contribution in [1.29, 1.82) is 0 Å². The van der Waals surface area contributed by atoms with E-state index < -0.39 is 0 Å². The van der Waals surface area contributed by atoms with Gasteiger partial charge in [0, 0.05) is 17.9 Å². The van der Waals surface area contributed by atoms with Gasteiger partial charge in [0.2, 0.25) is 11.8 Å². The van der Waals surface area contributed by atoms with Crippen LogP contribution >= 0.6 is 0 Å². The van der Waals surface area contributed by atoms with Crippen LogP contribution in [0.15, 0.2) is 48.5 Å². The molecule has 3 heteroatoms. The van der Waals surface area contributed by atoms with Crippen LogP contribution in [0, 0.1) is 35.5 Å². The van der Waals surface area contributed by atoms with Gasteiger partial charge in [-0.25, -0.2) is 0 Å². The Bertz CT molecular complexity index is 1010. The molecule has 2 atom stereocenters. The number of likely N-dealkylation sites (tertiary alicyclic amines) is 1. The molecule has 7 aliphatic carbocycles. The molecule has 0 aromatic heterocycles. The lowest BCUT2D eigenvalue weighted by Crippen LogP contribution is -2.57. The lowest BCUT2D eigenvalue weighted by Gasteiger charge is -2.56. The molecule has 31 heavy (non-hydrogen) atoms. The van der Waals surface area contributed by atoms with Crippen molar-refractivity contribution in [2.75, 3.05) is 0 Å². The summed E-state index contributed by atoms with van der Waals surface area (Å²) in [6.07, 6.45) is 6.32. The number of nitrogens with zero attached hydrogens (tertiary/aromatic N) is 1. The Balaban J connectivity index is 1.27. The van der Waals surface area contributed by atoms with Crippen molar-refractivity contribution in [2.45, 2.75) is 50.0 Å². The molecule has 0 radical (unpaired) electrons. The number of carbonyl (C=O) groups excluding carboxylic acids is 2. The summed E-state index contributed by atoms with van der Waals surface area (Å²) in [6, 6.07) is 17.3. The van der Waals surface area contributed by atoms with Gasteiger partial charge in [-0.2, -0.15) is 0 Å². The third kappa shape index (κ3) is 1.98. The molecular weight excluding hydrogens is 382 g/mol. The van der Waals surface area contributed by atoms with Crippen molar-refractivity contribution in [1.82, 2.24) is 4.90 Å². The smallest absolute Gasteiger partial charge is 0.234 e. The van der Waals surface area contributed by atoms with Gasteiger partial charge >= 0.3 is 0 Å². The van der Waals surface area contributed by atoms with Gasteiger partial charge in [-0.3, -0.25) is 14.5 Å². The minimum atomic E-state index is -0.209. The van der Waals surface area contributed by atoms with Gasteiger partial charge in [0.25, 0.3) is 0 Å². The fourth-order valence-corrected chi connectivity index (χ4v) is 9.31. The van der Waals surface area contributed by atoms with Crippen LogP contribution < -0.4 is 0 Å². The normalized spacial score (nSPS) is 43.2. The maximum atomic E-state index is 14.1. The van der Waals surface area contributed by atoms with Crippen LogP contribution in [0.1, 0.15) is 66.2 Å². The SMILES string of the molecule is O=C1C2C3c4ccccc4C(c4ccccc43)C2C(=O)N1C1C2CC3CC(C2)CC1C3. The molecule has 2 amide bonds. The van der Waals surface area contributed by atoms with Crippen molar-refractivity contribution in [3.05, 3.63) is 70.8 Å². The third-order valence-corrected chi connectivity index (χ3v) is 9.96. The zero-order valence-corrected chi connectivity index (χ0v) is 17.6. The molecule has 0 N–H and O–H groups in total. The van der Waals surface area contributed by atoms with Gasteiger partial charge in [0.05, 0.1) is 11.8 Å². The minimum Gasteiger partial charge on any atom is -0.278 e. The maximum Gasteiger partial charge on any atom is 0.234 e. The Morgan fingerprint density at radius 2 is 0.968 bits per heavy atom. The molecule has 6 bridgehead atoms. The van der Waals surface area contributed by atoms with E-state index in [1.807, 2.05) is 4.90 Å². The molecule has 5 fully saturated rings. The quantitative estimate of drug-likeness (QED) is 0.640. The molecular formula is C28H27NO2. The molecule has 3 nitrogen and oxygen atoms in total. The highest BCUT2D eigenvalue weighted by Gasteiger charge is 2.64. The van der Waals surface area contributed by atoms with E-state index in [9.17, 15) is 9.59 Å². The molecule has 2 aromatic carbocycles. The Morgan fingerprint density at radius 3 is 1.35 bits per heavy atom. The minimum absolute atomic E-state index is 0.0284. The Labute approximate surface area is 182 Å². The summed E-state index contributed by atoms with van der Waals surface area (Å²) < 4.78 is 0. The first-order chi connectivity index (χ1) is 15.2. The highest BCUT2D eigenvalue weighted by atomic mass is 16.2. The summed E-state index contributed by atoms with van der Waals surface area (Å²) in [5, 5.41) is 0. The Morgan fingerprint density at radius 1 is 0.581 bits per heavy atom. The molecule has 4 saturated carbocycles. The van der Waals surface area contributed by atoms with Gasteiger partial charge in [0.15, 0.2) is 0 Å². The van der Waals surface area contributed by atoms with Gasteiger partial charge < -0.3 is 0 Å². The summed E-state index contributed by atoms with van der Waals surface area (Å²) in [7, 11) is 0. The fourth-order valence-electron chi connectivity index (χ4n) is 9.31. The number of amides is 2. The zero-order chi connectivity index (χ0) is 20.4. The number of rotatable bonds is 1. The van der Waals surface area contributed by atoms with Crippen LogP contribution in [0.2, 0.25) is 0 Å². The van der Waals surface area contributed by atoms with Crippen molar-refractivity contribution >= 4 is 11.8 Å². The van der Waals surface area contributed by atoms with E-state index in [0.29, 0.717) is 11.8 Å². The second-order valence-corrected chi connectivity index (χ2v) is 11.2. The predicted octanol–water partition coefficient (Wildman–Crippen LogP) is 4.70. The van der Waals surface area contributed by atoms with E-state index in [0.717, 1.165) is 11.8 Å². The molecule has 0 spiro atoms. The standard InChI is InChI=1S/C28H27NO2/c30-27-24-22-18-5-1-2-6-19(18)23(21-8-4-3-7-20(21)22)25(24)28(31)29(27)26-16-10-14-9-15(12-16)13-17(26)11-14/h1-8,14-17,22-26H,9-13H2. The van der Waals surface area contributed by atoms with E-state index in [-0.39, 0.29) is 41.5 Å². The third-order valence-electron chi connectivity index (χ3n) is 9.96. The first-order valence-electron chi connectivity index (χ1n) is 12.2. The first kappa shape index (κ1) is 17.2. The highest BCUT2D eigenvalue weighted by molar-refractivity contribution is 6.08. The number of carbonyl (C=O) groups is 2. The Hall–Kier alpha value is -2.42. The second-order valence-electron chi connectivity index (χ2n) is 11.2. The van der Waals surface area contributed by atoms with Crippen LogP contribution in [-0.4, -0.2) is 22.8 Å². The molecule has 156 valence electrons.